The van der Waals surface area contributed by atoms with Gasteiger partial charge in [-0.2, -0.15) is 0 Å². The van der Waals surface area contributed by atoms with Crippen molar-refractivity contribution >= 4 is 0 Å². The molecule has 19 heavy (non-hydrogen) atoms. The minimum atomic E-state index is 0.824. The van der Waals surface area contributed by atoms with Crippen LogP contribution in [0.5, 0.6) is 0 Å². The van der Waals surface area contributed by atoms with E-state index in [0.717, 1.165) is 32.3 Å². The van der Waals surface area contributed by atoms with E-state index in [4.69, 9.17) is 4.74 Å². The van der Waals surface area contributed by atoms with E-state index in [9.17, 15) is 0 Å². The van der Waals surface area contributed by atoms with Crippen LogP contribution in [0.4, 0.5) is 0 Å². The topological polar surface area (TPSA) is 27.7 Å². The Morgan fingerprint density at radius 3 is 2.47 bits per heavy atom. The maximum Gasteiger partial charge on any atom is 0.0590 e. The summed E-state index contributed by atoms with van der Waals surface area (Å²) in [6, 6.07) is 0.909. The average Bonchev–Trinajstić information content (AvgIpc) is 2.97. The molecule has 112 valence electrons. The monoisotopic (exact) mass is 269 g/mol. The lowest BCUT2D eigenvalue weighted by Crippen LogP contribution is -2.50. The standard InChI is InChI=1S/C15H31N3O/c1-2-19-14-8-16-7-9-17-10-12-18(13-11-17)15-5-3-4-6-15/h15-16H,2-14H2,1H3. The maximum absolute atomic E-state index is 5.31. The molecule has 0 spiro atoms. The summed E-state index contributed by atoms with van der Waals surface area (Å²) in [5.41, 5.74) is 0. The molecule has 0 amide bonds. The van der Waals surface area contributed by atoms with Gasteiger partial charge in [0, 0.05) is 58.5 Å². The maximum atomic E-state index is 5.31. The van der Waals surface area contributed by atoms with Gasteiger partial charge in [0.2, 0.25) is 0 Å². The molecule has 0 aromatic rings. The highest BCUT2D eigenvalue weighted by Gasteiger charge is 2.25. The van der Waals surface area contributed by atoms with Crippen molar-refractivity contribution in [3.63, 3.8) is 0 Å². The van der Waals surface area contributed by atoms with Crippen LogP contribution < -0.4 is 5.32 Å². The second kappa shape index (κ2) is 8.90. The average molecular weight is 269 g/mol. The molecule has 0 bridgehead atoms. The van der Waals surface area contributed by atoms with E-state index in [2.05, 4.69) is 15.1 Å². The Morgan fingerprint density at radius 2 is 1.79 bits per heavy atom. The predicted octanol–water partition coefficient (Wildman–Crippen LogP) is 1.17. The zero-order valence-electron chi connectivity index (χ0n) is 12.6. The first-order valence-corrected chi connectivity index (χ1v) is 8.15. The summed E-state index contributed by atoms with van der Waals surface area (Å²) >= 11 is 0. The molecule has 1 saturated heterocycles. The fraction of sp³-hybridized carbons (Fsp3) is 1.00. The molecule has 4 heteroatoms. The van der Waals surface area contributed by atoms with Gasteiger partial charge in [0.25, 0.3) is 0 Å². The van der Waals surface area contributed by atoms with E-state index in [1.54, 1.807) is 0 Å². The molecular weight excluding hydrogens is 238 g/mol. The van der Waals surface area contributed by atoms with Gasteiger partial charge in [-0.05, 0) is 19.8 Å². The van der Waals surface area contributed by atoms with Crippen LogP contribution in [0, 0.1) is 0 Å². The van der Waals surface area contributed by atoms with Crippen LogP contribution in [0.2, 0.25) is 0 Å². The number of hydrogen-bond acceptors (Lipinski definition) is 4. The van der Waals surface area contributed by atoms with Crippen molar-refractivity contribution in [2.24, 2.45) is 0 Å². The molecule has 1 N–H and O–H groups in total. The van der Waals surface area contributed by atoms with Gasteiger partial charge in [-0.1, -0.05) is 12.8 Å². The van der Waals surface area contributed by atoms with E-state index in [0.29, 0.717) is 0 Å². The van der Waals surface area contributed by atoms with E-state index >= 15 is 0 Å². The summed E-state index contributed by atoms with van der Waals surface area (Å²) in [6.45, 7) is 12.0. The third-order valence-electron chi connectivity index (χ3n) is 4.48. The zero-order valence-corrected chi connectivity index (χ0v) is 12.6. The van der Waals surface area contributed by atoms with E-state index in [1.807, 2.05) is 6.92 Å². The first-order chi connectivity index (χ1) is 9.40. The van der Waals surface area contributed by atoms with Gasteiger partial charge in [0.15, 0.2) is 0 Å². The smallest absolute Gasteiger partial charge is 0.0590 e. The quantitative estimate of drug-likeness (QED) is 0.670. The van der Waals surface area contributed by atoms with Crippen LogP contribution in [-0.4, -0.2) is 74.9 Å². The number of rotatable bonds is 8. The summed E-state index contributed by atoms with van der Waals surface area (Å²) in [5.74, 6) is 0. The van der Waals surface area contributed by atoms with Crippen molar-refractivity contribution in [1.29, 1.82) is 0 Å². The van der Waals surface area contributed by atoms with Crippen LogP contribution in [-0.2, 0) is 4.74 Å². The molecule has 4 nitrogen and oxygen atoms in total. The van der Waals surface area contributed by atoms with Crippen LogP contribution in [0.1, 0.15) is 32.6 Å². The summed E-state index contributed by atoms with van der Waals surface area (Å²) in [4.78, 5) is 5.32. The Balaban J connectivity index is 1.49. The van der Waals surface area contributed by atoms with Crippen molar-refractivity contribution in [2.45, 2.75) is 38.6 Å². The molecule has 1 heterocycles. The van der Waals surface area contributed by atoms with Gasteiger partial charge in [0.1, 0.15) is 0 Å². The van der Waals surface area contributed by atoms with Crippen LogP contribution >= 0.6 is 0 Å². The summed E-state index contributed by atoms with van der Waals surface area (Å²) in [5, 5.41) is 3.45. The Labute approximate surface area is 118 Å². The summed E-state index contributed by atoms with van der Waals surface area (Å²) in [6.07, 6.45) is 5.79. The van der Waals surface area contributed by atoms with E-state index < -0.39 is 0 Å². The highest BCUT2D eigenvalue weighted by molar-refractivity contribution is 4.82. The Kier molecular flexibility index (Phi) is 7.14. The molecule has 2 fully saturated rings. The summed E-state index contributed by atoms with van der Waals surface area (Å²) in [7, 11) is 0. The zero-order chi connectivity index (χ0) is 13.3. The minimum absolute atomic E-state index is 0.824. The molecule has 0 atom stereocenters. The lowest BCUT2D eigenvalue weighted by Gasteiger charge is -2.38. The highest BCUT2D eigenvalue weighted by atomic mass is 16.5. The molecular formula is C15H31N3O. The SMILES string of the molecule is CCOCCNCCN1CCN(C2CCCC2)CC1. The number of nitrogens with one attached hydrogen (secondary N) is 1. The third kappa shape index (κ3) is 5.38. The number of ether oxygens (including phenoxy) is 1. The molecule has 0 aromatic carbocycles. The predicted molar refractivity (Wildman–Crippen MR) is 79.6 cm³/mol. The Hall–Kier alpha value is -0.160. The van der Waals surface area contributed by atoms with Crippen LogP contribution in [0.25, 0.3) is 0 Å². The molecule has 2 rings (SSSR count). The van der Waals surface area contributed by atoms with E-state index in [1.165, 1.54) is 58.4 Å². The highest BCUT2D eigenvalue weighted by Crippen LogP contribution is 2.24. The molecule has 2 aliphatic rings. The van der Waals surface area contributed by atoms with Crippen molar-refractivity contribution in [3.05, 3.63) is 0 Å². The van der Waals surface area contributed by atoms with Gasteiger partial charge < -0.3 is 10.1 Å². The first-order valence-electron chi connectivity index (χ1n) is 8.15. The lowest BCUT2D eigenvalue weighted by atomic mass is 10.2. The van der Waals surface area contributed by atoms with E-state index in [-0.39, 0.29) is 0 Å². The van der Waals surface area contributed by atoms with Crippen molar-refractivity contribution in [2.75, 3.05) is 59.0 Å². The molecule has 0 radical (unpaired) electrons. The fourth-order valence-corrected chi connectivity index (χ4v) is 3.27. The second-order valence-electron chi connectivity index (χ2n) is 5.76. The minimum Gasteiger partial charge on any atom is -0.380 e. The first kappa shape index (κ1) is 15.2. The molecule has 0 unspecified atom stereocenters. The molecule has 1 aliphatic carbocycles. The molecule has 1 saturated carbocycles. The van der Waals surface area contributed by atoms with Crippen LogP contribution in [0.15, 0.2) is 0 Å². The van der Waals surface area contributed by atoms with Crippen molar-refractivity contribution in [3.8, 4) is 0 Å². The fourth-order valence-electron chi connectivity index (χ4n) is 3.27. The van der Waals surface area contributed by atoms with Gasteiger partial charge in [-0.25, -0.2) is 0 Å². The normalized spacial score (nSPS) is 23.2. The number of piperazine rings is 1. The number of hydrogen-bond donors (Lipinski definition) is 1. The lowest BCUT2D eigenvalue weighted by molar-refractivity contribution is 0.0974. The van der Waals surface area contributed by atoms with Gasteiger partial charge in [-0.15, -0.1) is 0 Å². The Bertz CT molecular complexity index is 223. The molecule has 1 aliphatic heterocycles. The largest absolute Gasteiger partial charge is 0.380 e. The number of nitrogens with zero attached hydrogens (tertiary/aromatic N) is 2. The van der Waals surface area contributed by atoms with Gasteiger partial charge >= 0.3 is 0 Å². The Morgan fingerprint density at radius 1 is 1.05 bits per heavy atom. The van der Waals surface area contributed by atoms with Gasteiger partial charge in [-0.3, -0.25) is 9.80 Å². The molecule has 0 aromatic heterocycles. The van der Waals surface area contributed by atoms with Gasteiger partial charge in [0.05, 0.1) is 6.61 Å². The van der Waals surface area contributed by atoms with Crippen molar-refractivity contribution in [1.82, 2.24) is 15.1 Å². The van der Waals surface area contributed by atoms with Crippen LogP contribution in [0.3, 0.4) is 0 Å². The summed E-state index contributed by atoms with van der Waals surface area (Å²) < 4.78 is 5.31. The third-order valence-corrected chi connectivity index (χ3v) is 4.48. The van der Waals surface area contributed by atoms with Crippen molar-refractivity contribution < 1.29 is 4.74 Å². The second-order valence-corrected chi connectivity index (χ2v) is 5.76.